The summed E-state index contributed by atoms with van der Waals surface area (Å²) < 4.78 is 33.1. The van der Waals surface area contributed by atoms with E-state index < -0.39 is 29.4 Å². The highest BCUT2D eigenvalue weighted by Crippen LogP contribution is 2.47. The van der Waals surface area contributed by atoms with Crippen LogP contribution in [0.15, 0.2) is 66.1 Å². The Labute approximate surface area is 332 Å². The highest BCUT2D eigenvalue weighted by molar-refractivity contribution is 6.43. The minimum absolute atomic E-state index is 0.0386. The van der Waals surface area contributed by atoms with Crippen molar-refractivity contribution >= 4 is 71.0 Å². The molecule has 0 saturated heterocycles. The number of methoxy groups -OCH3 is 3. The number of benzene rings is 2. The van der Waals surface area contributed by atoms with Gasteiger partial charge >= 0.3 is 18.2 Å². The molecular weight excluding hydrogens is 755 g/mol. The first-order chi connectivity index (χ1) is 25.7. The number of allylic oxidation sites excluding steroid dienone is 1. The van der Waals surface area contributed by atoms with E-state index in [2.05, 4.69) is 35.2 Å². The normalized spacial score (nSPS) is 11.9. The summed E-state index contributed by atoms with van der Waals surface area (Å²) in [5.41, 5.74) is -1.25. The fraction of sp³-hybridized carbons (Fsp3) is 0.395. The fourth-order valence-corrected chi connectivity index (χ4v) is 5.17. The van der Waals surface area contributed by atoms with Gasteiger partial charge in [0, 0.05) is 32.0 Å². The van der Waals surface area contributed by atoms with Crippen molar-refractivity contribution in [3.05, 3.63) is 71.1 Å². The summed E-state index contributed by atoms with van der Waals surface area (Å²) in [7, 11) is 7.01. The number of amidine groups is 1. The van der Waals surface area contributed by atoms with E-state index in [0.717, 1.165) is 4.90 Å². The average molecular weight is 807 g/mol. The Kier molecular flexibility index (Phi) is 16.6. The number of hydrogen-bond acceptors (Lipinski definition) is 11. The Morgan fingerprint density at radius 3 is 1.91 bits per heavy atom. The van der Waals surface area contributed by atoms with Gasteiger partial charge in [-0.1, -0.05) is 36.4 Å². The van der Waals surface area contributed by atoms with Crippen LogP contribution in [-0.2, 0) is 14.2 Å². The van der Waals surface area contributed by atoms with Gasteiger partial charge in [-0.25, -0.2) is 19.3 Å². The van der Waals surface area contributed by atoms with Crippen molar-refractivity contribution in [3.63, 3.8) is 0 Å². The fourth-order valence-electron chi connectivity index (χ4n) is 4.50. The van der Waals surface area contributed by atoms with Crippen molar-refractivity contribution in [2.75, 3.05) is 63.8 Å². The SMILES string of the molecule is C=CC(=C)Nc1cc(OCCOC)ccc1N(C(=O)OC(C)(C)C)C(/C=C(\[NH+]=C)N(C)C(=O)N(C(=O)OC(C)(C)C)c1c(Cl)c(OC)cc(OC)c1Cl)=NC. The number of nitrogens with one attached hydrogen (secondary N) is 2. The van der Waals surface area contributed by atoms with Gasteiger partial charge in [-0.2, -0.15) is 9.80 Å². The van der Waals surface area contributed by atoms with Crippen LogP contribution in [-0.4, -0.2) is 95.5 Å². The molecule has 0 radical (unpaired) electrons. The molecule has 2 aromatic carbocycles. The summed E-state index contributed by atoms with van der Waals surface area (Å²) in [6, 6.07) is 5.29. The van der Waals surface area contributed by atoms with Crippen molar-refractivity contribution in [3.8, 4) is 17.2 Å². The van der Waals surface area contributed by atoms with E-state index in [9.17, 15) is 14.4 Å². The first kappa shape index (κ1) is 45.9. The van der Waals surface area contributed by atoms with Gasteiger partial charge in [0.25, 0.3) is 5.82 Å². The zero-order valence-corrected chi connectivity index (χ0v) is 34.7. The topological polar surface area (TPSA) is 155 Å². The molecule has 0 aliphatic carbocycles. The van der Waals surface area contributed by atoms with Crippen molar-refractivity contribution < 1.29 is 47.8 Å². The molecule has 17 heteroatoms. The van der Waals surface area contributed by atoms with Gasteiger partial charge in [0.15, 0.2) is 0 Å². The lowest BCUT2D eigenvalue weighted by Crippen LogP contribution is -2.70. The van der Waals surface area contributed by atoms with Gasteiger partial charge in [0.2, 0.25) is 0 Å². The summed E-state index contributed by atoms with van der Waals surface area (Å²) in [5, 5.41) is 2.76. The molecular formula is C38H51Cl2N6O9+. The molecule has 300 valence electrons. The van der Waals surface area contributed by atoms with Crippen LogP contribution in [0.4, 0.5) is 31.4 Å². The molecule has 0 spiro atoms. The maximum absolute atomic E-state index is 14.5. The van der Waals surface area contributed by atoms with Crippen LogP contribution >= 0.6 is 23.2 Å². The number of hydrogen-bond donors (Lipinski definition) is 2. The van der Waals surface area contributed by atoms with Gasteiger partial charge in [-0.3, -0.25) is 9.98 Å². The van der Waals surface area contributed by atoms with Crippen LogP contribution in [0, 0.1) is 0 Å². The van der Waals surface area contributed by atoms with Crippen molar-refractivity contribution in [2.45, 2.75) is 52.7 Å². The largest absolute Gasteiger partial charge is 0.495 e. The molecule has 55 heavy (non-hydrogen) atoms. The zero-order valence-electron chi connectivity index (χ0n) is 33.2. The Balaban J connectivity index is 2.89. The molecule has 2 aromatic rings. The van der Waals surface area contributed by atoms with Crippen LogP contribution in [0.5, 0.6) is 17.2 Å². The Morgan fingerprint density at radius 2 is 1.45 bits per heavy atom. The first-order valence-corrected chi connectivity index (χ1v) is 17.4. The number of aliphatic imine (C=N–C) groups is 1. The van der Waals surface area contributed by atoms with Gasteiger partial charge in [-0.05, 0) is 59.8 Å². The molecule has 4 amide bonds. The lowest BCUT2D eigenvalue weighted by atomic mass is 10.2. The number of urea groups is 1. The highest BCUT2D eigenvalue weighted by atomic mass is 35.5. The second kappa shape index (κ2) is 19.9. The van der Waals surface area contributed by atoms with E-state index >= 15 is 0 Å². The maximum Gasteiger partial charge on any atom is 0.425 e. The minimum atomic E-state index is -1.13. The summed E-state index contributed by atoms with van der Waals surface area (Å²) >= 11 is 13.4. The number of halogens is 2. The van der Waals surface area contributed by atoms with E-state index in [0.29, 0.717) is 28.6 Å². The predicted molar refractivity (Wildman–Crippen MR) is 216 cm³/mol. The molecule has 2 N–H and O–H groups in total. The van der Waals surface area contributed by atoms with Crippen LogP contribution < -0.4 is 34.3 Å². The molecule has 2 rings (SSSR count). The number of rotatable bonds is 14. The quantitative estimate of drug-likeness (QED) is 0.0880. The third-order valence-electron chi connectivity index (χ3n) is 6.98. The number of carbonyl (C=O) groups excluding carboxylic acids is 3. The maximum atomic E-state index is 14.5. The van der Waals surface area contributed by atoms with E-state index in [1.807, 2.05) is 0 Å². The van der Waals surface area contributed by atoms with Gasteiger partial charge < -0.3 is 33.7 Å². The molecule has 0 bridgehead atoms. The van der Waals surface area contributed by atoms with Crippen LogP contribution in [0.2, 0.25) is 10.0 Å². The molecule has 0 heterocycles. The standard InChI is InChI=1S/C38H50Cl2N6O9/c1-15-23(2)43-25-20-24(53-19-18-50-12)16-17-26(25)45(35(48)54-37(3,4)5)30(42-10)22-29(41-9)44(11)34(47)46(36(49)55-38(6,7)8)33-31(39)27(51-13)21-28(52-14)32(33)40/h15-17,20-22,43H,1-2,9,18-19H2,3-8,10-14H3/p+1/b29-22+,42-30?. The van der Waals surface area contributed by atoms with Crippen LogP contribution in [0.3, 0.4) is 0 Å². The first-order valence-electron chi connectivity index (χ1n) is 16.7. The molecule has 0 aliphatic heterocycles. The number of imide groups is 1. The van der Waals surface area contributed by atoms with E-state index in [1.165, 1.54) is 51.4 Å². The predicted octanol–water partition coefficient (Wildman–Crippen LogP) is 7.03. The van der Waals surface area contributed by atoms with Gasteiger partial charge in [0.1, 0.15) is 56.6 Å². The Hall–Kier alpha value is -5.25. The Bertz CT molecular complexity index is 1810. The monoisotopic (exact) mass is 805 g/mol. The third kappa shape index (κ3) is 12.4. The summed E-state index contributed by atoms with van der Waals surface area (Å²) in [6.45, 7) is 22.1. The van der Waals surface area contributed by atoms with Crippen LogP contribution in [0.1, 0.15) is 41.5 Å². The molecule has 15 nitrogen and oxygen atoms in total. The molecule has 0 fully saturated rings. The average Bonchev–Trinajstić information content (AvgIpc) is 3.10. The summed E-state index contributed by atoms with van der Waals surface area (Å²) in [5.74, 6) is 0.469. The molecule has 0 atom stereocenters. The number of nitrogens with zero attached hydrogens (tertiary/aromatic N) is 4. The third-order valence-corrected chi connectivity index (χ3v) is 7.71. The smallest absolute Gasteiger partial charge is 0.425 e. The van der Waals surface area contributed by atoms with Crippen molar-refractivity contribution in [2.24, 2.45) is 4.99 Å². The second-order valence-corrected chi connectivity index (χ2v) is 14.1. The molecule has 0 aromatic heterocycles. The van der Waals surface area contributed by atoms with E-state index in [-0.39, 0.29) is 51.2 Å². The lowest BCUT2D eigenvalue weighted by molar-refractivity contribution is -0.405. The number of ether oxygens (including phenoxy) is 6. The Morgan fingerprint density at radius 1 is 0.909 bits per heavy atom. The second-order valence-electron chi connectivity index (χ2n) is 13.4. The van der Waals surface area contributed by atoms with Crippen molar-refractivity contribution in [1.82, 2.24) is 4.90 Å². The van der Waals surface area contributed by atoms with Gasteiger partial charge in [0.05, 0.1) is 52.0 Å². The van der Waals surface area contributed by atoms with Crippen LogP contribution in [0.25, 0.3) is 0 Å². The number of anilines is 3. The summed E-state index contributed by atoms with van der Waals surface area (Å²) in [4.78, 5) is 52.3. The summed E-state index contributed by atoms with van der Waals surface area (Å²) in [6.07, 6.45) is 0.872. The zero-order chi connectivity index (χ0) is 41.8. The number of carbonyl (C=O) groups is 3. The highest BCUT2D eigenvalue weighted by Gasteiger charge is 2.40. The minimum Gasteiger partial charge on any atom is -0.495 e. The molecule has 0 aliphatic rings. The van der Waals surface area contributed by atoms with E-state index in [1.54, 1.807) is 66.9 Å². The number of amides is 4. The van der Waals surface area contributed by atoms with E-state index in [4.69, 9.17) is 51.6 Å². The van der Waals surface area contributed by atoms with Crippen molar-refractivity contribution in [1.29, 1.82) is 0 Å². The van der Waals surface area contributed by atoms with Gasteiger partial charge in [-0.15, -0.1) is 0 Å². The molecule has 0 saturated carbocycles. The molecule has 0 unspecified atom stereocenters. The lowest BCUT2D eigenvalue weighted by Gasteiger charge is -2.29.